The quantitative estimate of drug-likeness (QED) is 0.297. The van der Waals surface area contributed by atoms with Crippen molar-refractivity contribution in [3.63, 3.8) is 0 Å². The Labute approximate surface area is 203 Å². The second-order valence-electron chi connectivity index (χ2n) is 8.32. The molecule has 0 saturated heterocycles. The van der Waals surface area contributed by atoms with Crippen molar-refractivity contribution in [2.45, 2.75) is 38.7 Å². The van der Waals surface area contributed by atoms with Crippen LogP contribution in [0.2, 0.25) is 0 Å². The van der Waals surface area contributed by atoms with Crippen LogP contribution in [0.4, 0.5) is 22.0 Å². The first-order valence-corrected chi connectivity index (χ1v) is 11.1. The first-order valence-electron chi connectivity index (χ1n) is 11.1. The van der Waals surface area contributed by atoms with Gasteiger partial charge in [0, 0.05) is 24.0 Å². The second-order valence-corrected chi connectivity index (χ2v) is 8.32. The molecule has 2 aromatic carbocycles. The Morgan fingerprint density at radius 3 is 2.39 bits per heavy atom. The fraction of sp³-hybridized carbons (Fsp3) is 0.231. The van der Waals surface area contributed by atoms with Crippen LogP contribution in [0.1, 0.15) is 36.2 Å². The van der Waals surface area contributed by atoms with E-state index in [4.69, 9.17) is 0 Å². The van der Waals surface area contributed by atoms with Gasteiger partial charge >= 0.3 is 6.36 Å². The standard InChI is InChI=1S/C26H22F5N3O2/c1-16(18-4-6-20(27)7-5-18)33-24(35)11-8-22-13-19-12-21(28)14-32-25(19)34(22)15-17-2-9-23(10-3-17)36-26(29,30)31/h2-7,9-10,12-14,16H,8,11,15H2,1H3,(H,33,35). The van der Waals surface area contributed by atoms with Gasteiger partial charge in [-0.3, -0.25) is 4.79 Å². The van der Waals surface area contributed by atoms with Gasteiger partial charge < -0.3 is 14.6 Å². The van der Waals surface area contributed by atoms with Crippen LogP contribution in [0.3, 0.4) is 0 Å². The molecule has 188 valence electrons. The molecule has 4 rings (SSSR count). The van der Waals surface area contributed by atoms with Crippen LogP contribution in [0.25, 0.3) is 11.0 Å². The number of carbonyl (C=O) groups is 1. The smallest absolute Gasteiger partial charge is 0.406 e. The molecular weight excluding hydrogens is 481 g/mol. The van der Waals surface area contributed by atoms with Gasteiger partial charge in [-0.25, -0.2) is 13.8 Å². The lowest BCUT2D eigenvalue weighted by Crippen LogP contribution is -2.27. The number of hydrogen-bond donors (Lipinski definition) is 1. The molecule has 0 bridgehead atoms. The molecule has 2 aromatic heterocycles. The summed E-state index contributed by atoms with van der Waals surface area (Å²) in [6.07, 6.45) is -3.26. The third-order valence-corrected chi connectivity index (χ3v) is 5.64. The normalized spacial score (nSPS) is 12.5. The molecule has 0 saturated carbocycles. The molecule has 5 nitrogen and oxygen atoms in total. The Kier molecular flexibility index (Phi) is 7.23. The van der Waals surface area contributed by atoms with Gasteiger partial charge in [0.25, 0.3) is 0 Å². The Morgan fingerprint density at radius 2 is 1.72 bits per heavy atom. The van der Waals surface area contributed by atoms with Crippen LogP contribution in [-0.2, 0) is 17.8 Å². The summed E-state index contributed by atoms with van der Waals surface area (Å²) >= 11 is 0. The average molecular weight is 503 g/mol. The van der Waals surface area contributed by atoms with E-state index >= 15 is 0 Å². The fourth-order valence-corrected chi connectivity index (χ4v) is 3.93. The van der Waals surface area contributed by atoms with Gasteiger partial charge in [-0.15, -0.1) is 13.2 Å². The van der Waals surface area contributed by atoms with E-state index in [1.807, 2.05) is 0 Å². The highest BCUT2D eigenvalue weighted by molar-refractivity contribution is 5.79. The number of nitrogens with one attached hydrogen (secondary N) is 1. The lowest BCUT2D eigenvalue weighted by atomic mass is 10.1. The summed E-state index contributed by atoms with van der Waals surface area (Å²) < 4.78 is 69.9. The molecule has 2 heterocycles. The van der Waals surface area contributed by atoms with Gasteiger partial charge in [-0.2, -0.15) is 0 Å². The van der Waals surface area contributed by atoms with Crippen LogP contribution < -0.4 is 10.1 Å². The van der Waals surface area contributed by atoms with E-state index in [0.717, 1.165) is 11.8 Å². The van der Waals surface area contributed by atoms with Crippen LogP contribution in [-0.4, -0.2) is 21.8 Å². The number of alkyl halides is 3. The molecule has 0 aliphatic rings. The minimum atomic E-state index is -4.78. The fourth-order valence-electron chi connectivity index (χ4n) is 3.93. The Hall–Kier alpha value is -3.95. The molecule has 1 unspecified atom stereocenters. The molecule has 0 radical (unpaired) electrons. The van der Waals surface area contributed by atoms with Crippen molar-refractivity contribution < 1.29 is 31.5 Å². The van der Waals surface area contributed by atoms with E-state index in [9.17, 15) is 26.7 Å². The molecule has 1 N–H and O–H groups in total. The van der Waals surface area contributed by atoms with Crippen molar-refractivity contribution >= 4 is 16.9 Å². The predicted octanol–water partition coefficient (Wildman–Crippen LogP) is 6.07. The number of benzene rings is 2. The number of hydrogen-bond acceptors (Lipinski definition) is 3. The third-order valence-electron chi connectivity index (χ3n) is 5.64. The van der Waals surface area contributed by atoms with E-state index in [2.05, 4.69) is 15.0 Å². The van der Waals surface area contributed by atoms with Crippen LogP contribution in [0.5, 0.6) is 5.75 Å². The topological polar surface area (TPSA) is 56.2 Å². The number of rotatable bonds is 8. The second kappa shape index (κ2) is 10.3. The van der Waals surface area contributed by atoms with Crippen molar-refractivity contribution in [2.24, 2.45) is 0 Å². The molecule has 4 aromatic rings. The summed E-state index contributed by atoms with van der Waals surface area (Å²) in [6, 6.07) is 14.0. The summed E-state index contributed by atoms with van der Waals surface area (Å²) in [5.74, 6) is -1.43. The van der Waals surface area contributed by atoms with Crippen LogP contribution in [0, 0.1) is 11.6 Å². The highest BCUT2D eigenvalue weighted by Gasteiger charge is 2.31. The van der Waals surface area contributed by atoms with Gasteiger partial charge in [-0.1, -0.05) is 24.3 Å². The molecule has 1 atom stereocenters. The van der Waals surface area contributed by atoms with Crippen LogP contribution in [0.15, 0.2) is 66.9 Å². The zero-order valence-electron chi connectivity index (χ0n) is 19.2. The largest absolute Gasteiger partial charge is 0.573 e. The molecule has 0 aliphatic heterocycles. The minimum Gasteiger partial charge on any atom is -0.406 e. The van der Waals surface area contributed by atoms with Gasteiger partial charge in [-0.05, 0) is 60.9 Å². The number of ether oxygens (including phenoxy) is 1. The minimum absolute atomic E-state index is 0.128. The van der Waals surface area contributed by atoms with Crippen molar-refractivity contribution in [3.05, 3.63) is 95.3 Å². The Balaban J connectivity index is 1.49. The SMILES string of the molecule is CC(NC(=O)CCc1cc2cc(F)cnc2n1Cc1ccc(OC(F)(F)F)cc1)c1ccc(F)cc1. The van der Waals surface area contributed by atoms with Crippen LogP contribution >= 0.6 is 0 Å². The lowest BCUT2D eigenvalue weighted by Gasteiger charge is -2.15. The molecule has 0 spiro atoms. The maximum Gasteiger partial charge on any atom is 0.573 e. The summed E-state index contributed by atoms with van der Waals surface area (Å²) in [5.41, 5.74) is 2.63. The molecule has 1 amide bonds. The number of aromatic nitrogens is 2. The molecule has 0 aliphatic carbocycles. The van der Waals surface area contributed by atoms with Gasteiger partial charge in [0.1, 0.15) is 23.0 Å². The van der Waals surface area contributed by atoms with E-state index < -0.39 is 12.2 Å². The monoisotopic (exact) mass is 503 g/mol. The zero-order chi connectivity index (χ0) is 25.9. The van der Waals surface area contributed by atoms with E-state index in [0.29, 0.717) is 28.7 Å². The summed E-state index contributed by atoms with van der Waals surface area (Å²) in [4.78, 5) is 16.8. The Bertz CT molecular complexity index is 1350. The summed E-state index contributed by atoms with van der Waals surface area (Å²) in [5, 5.41) is 3.41. The first kappa shape index (κ1) is 25.2. The predicted molar refractivity (Wildman–Crippen MR) is 123 cm³/mol. The van der Waals surface area contributed by atoms with Gasteiger partial charge in [0.2, 0.25) is 5.91 Å². The lowest BCUT2D eigenvalue weighted by molar-refractivity contribution is -0.274. The van der Waals surface area contributed by atoms with Crippen molar-refractivity contribution in [1.29, 1.82) is 0 Å². The first-order chi connectivity index (χ1) is 17.1. The maximum atomic E-state index is 13.8. The number of carbonyl (C=O) groups excluding carboxylic acids is 1. The average Bonchev–Trinajstić information content (AvgIpc) is 3.14. The van der Waals surface area contributed by atoms with E-state index in [-0.39, 0.29) is 36.5 Å². The van der Waals surface area contributed by atoms with E-state index in [1.165, 1.54) is 42.5 Å². The maximum absolute atomic E-state index is 13.8. The highest BCUT2D eigenvalue weighted by atomic mass is 19.4. The number of aryl methyl sites for hydroxylation is 1. The van der Waals surface area contributed by atoms with Gasteiger partial charge in [0.05, 0.1) is 12.2 Å². The highest BCUT2D eigenvalue weighted by Crippen LogP contribution is 2.25. The number of amides is 1. The molecule has 0 fully saturated rings. The Morgan fingerprint density at radius 1 is 1.03 bits per heavy atom. The summed E-state index contributed by atoms with van der Waals surface area (Å²) in [7, 11) is 0. The zero-order valence-corrected chi connectivity index (χ0v) is 19.2. The number of halogens is 5. The number of nitrogens with zero attached hydrogens (tertiary/aromatic N) is 2. The summed E-state index contributed by atoms with van der Waals surface area (Å²) in [6.45, 7) is 2.04. The molecule has 36 heavy (non-hydrogen) atoms. The van der Waals surface area contributed by atoms with Crippen molar-refractivity contribution in [1.82, 2.24) is 14.9 Å². The third kappa shape index (κ3) is 6.38. The number of pyridine rings is 1. The van der Waals surface area contributed by atoms with Crippen molar-refractivity contribution in [2.75, 3.05) is 0 Å². The molecular formula is C26H22F5N3O2. The van der Waals surface area contributed by atoms with Crippen molar-refractivity contribution in [3.8, 4) is 5.75 Å². The van der Waals surface area contributed by atoms with E-state index in [1.54, 1.807) is 29.7 Å². The number of fused-ring (bicyclic) bond motifs is 1. The molecule has 10 heteroatoms. The van der Waals surface area contributed by atoms with Gasteiger partial charge in [0.15, 0.2) is 0 Å².